The zero-order valence-corrected chi connectivity index (χ0v) is 17.2. The monoisotopic (exact) mass is 414 g/mol. The lowest BCUT2D eigenvalue weighted by Crippen LogP contribution is -2.44. The highest BCUT2D eigenvalue weighted by Gasteiger charge is 2.15. The summed E-state index contributed by atoms with van der Waals surface area (Å²) in [5, 5.41) is 5.24. The summed E-state index contributed by atoms with van der Waals surface area (Å²) in [7, 11) is -3.24. The Bertz CT molecular complexity index is 926. The Morgan fingerprint density at radius 3 is 2.28 bits per heavy atom. The zero-order chi connectivity index (χ0) is 21.1. The zero-order valence-electron chi connectivity index (χ0n) is 16.4. The molecule has 0 saturated heterocycles. The van der Waals surface area contributed by atoms with E-state index in [0.29, 0.717) is 6.42 Å². The van der Waals surface area contributed by atoms with Crippen molar-refractivity contribution in [2.24, 2.45) is 0 Å². The summed E-state index contributed by atoms with van der Waals surface area (Å²) in [5.74, 6) is -0.751. The topological polar surface area (TPSA) is 92.3 Å². The summed E-state index contributed by atoms with van der Waals surface area (Å²) >= 11 is 0. The highest BCUT2D eigenvalue weighted by atomic mass is 32.2. The van der Waals surface area contributed by atoms with Crippen molar-refractivity contribution >= 4 is 27.7 Å². The molecule has 29 heavy (non-hydrogen) atoms. The van der Waals surface area contributed by atoms with Crippen LogP contribution in [0.4, 0.5) is 0 Å². The number of rotatable bonds is 10. The number of sulfone groups is 1. The van der Waals surface area contributed by atoms with Gasteiger partial charge >= 0.3 is 0 Å². The third-order valence-corrected chi connectivity index (χ3v) is 5.82. The van der Waals surface area contributed by atoms with Crippen molar-refractivity contribution in [3.05, 3.63) is 77.9 Å². The lowest BCUT2D eigenvalue weighted by Gasteiger charge is -2.13. The largest absolute Gasteiger partial charge is 0.354 e. The van der Waals surface area contributed by atoms with Gasteiger partial charge < -0.3 is 10.6 Å². The van der Waals surface area contributed by atoms with Crippen LogP contribution in [0.5, 0.6) is 0 Å². The number of carbonyl (C=O) groups is 2. The van der Waals surface area contributed by atoms with Crippen molar-refractivity contribution in [3.63, 3.8) is 0 Å². The van der Waals surface area contributed by atoms with Crippen molar-refractivity contribution in [2.75, 3.05) is 12.3 Å². The van der Waals surface area contributed by atoms with Gasteiger partial charge in [0.1, 0.15) is 6.04 Å². The molecule has 0 heterocycles. The van der Waals surface area contributed by atoms with Crippen LogP contribution in [0.1, 0.15) is 24.5 Å². The normalized spacial score (nSPS) is 12.4. The number of amides is 2. The summed E-state index contributed by atoms with van der Waals surface area (Å²) in [6.45, 7) is 1.81. The van der Waals surface area contributed by atoms with Crippen LogP contribution in [-0.2, 0) is 25.2 Å². The van der Waals surface area contributed by atoms with Crippen LogP contribution in [0, 0.1) is 0 Å². The summed E-state index contributed by atoms with van der Waals surface area (Å²) in [5.41, 5.74) is 1.63. The van der Waals surface area contributed by atoms with Gasteiger partial charge in [0.2, 0.25) is 11.8 Å². The van der Waals surface area contributed by atoms with E-state index in [9.17, 15) is 18.0 Å². The first-order valence-corrected chi connectivity index (χ1v) is 11.2. The van der Waals surface area contributed by atoms with Crippen molar-refractivity contribution in [3.8, 4) is 0 Å². The molecular formula is C22H26N2O4S. The fourth-order valence-electron chi connectivity index (χ4n) is 2.62. The van der Waals surface area contributed by atoms with Gasteiger partial charge in [-0.3, -0.25) is 9.59 Å². The lowest BCUT2D eigenvalue weighted by atomic mass is 10.2. The van der Waals surface area contributed by atoms with Gasteiger partial charge in [0.25, 0.3) is 0 Å². The van der Waals surface area contributed by atoms with Crippen LogP contribution >= 0.6 is 0 Å². The molecule has 1 atom stereocenters. The predicted octanol–water partition coefficient (Wildman–Crippen LogP) is 2.33. The second kappa shape index (κ2) is 11.2. The van der Waals surface area contributed by atoms with Gasteiger partial charge in [0.15, 0.2) is 9.84 Å². The fraction of sp³-hybridized carbons (Fsp3) is 0.273. The first-order chi connectivity index (χ1) is 13.9. The molecule has 0 fully saturated rings. The predicted molar refractivity (Wildman–Crippen MR) is 115 cm³/mol. The molecule has 2 aromatic rings. The molecular weight excluding hydrogens is 388 g/mol. The maximum absolute atomic E-state index is 12.1. The van der Waals surface area contributed by atoms with E-state index in [1.54, 1.807) is 37.3 Å². The lowest BCUT2D eigenvalue weighted by molar-refractivity contribution is -0.126. The number of nitrogens with one attached hydrogen (secondary N) is 2. The van der Waals surface area contributed by atoms with E-state index in [2.05, 4.69) is 10.6 Å². The van der Waals surface area contributed by atoms with E-state index in [-0.39, 0.29) is 29.9 Å². The first-order valence-electron chi connectivity index (χ1n) is 9.41. The summed E-state index contributed by atoms with van der Waals surface area (Å²) in [4.78, 5) is 24.0. The highest BCUT2D eigenvalue weighted by Crippen LogP contribution is 2.07. The fourth-order valence-corrected chi connectivity index (χ4v) is 4.05. The molecule has 2 N–H and O–H groups in total. The first kappa shape index (κ1) is 22.4. The van der Waals surface area contributed by atoms with E-state index < -0.39 is 15.9 Å². The van der Waals surface area contributed by atoms with Crippen LogP contribution in [-0.4, -0.2) is 38.6 Å². The number of hydrogen-bond donors (Lipinski definition) is 2. The van der Waals surface area contributed by atoms with Gasteiger partial charge in [-0.05, 0) is 30.5 Å². The average Bonchev–Trinajstić information content (AvgIpc) is 2.70. The average molecular weight is 415 g/mol. The standard InChI is InChI=1S/C22H26N2O4S/c1-18(24-21(25)14-13-19-9-4-2-5-10-19)22(26)23-15-8-16-29(27,28)17-20-11-6-3-7-12-20/h2-7,9-14,18H,8,15-17H2,1H3,(H,23,26)(H,24,25)/b14-13+. The molecule has 0 bridgehead atoms. The SMILES string of the molecule is CC(NC(=O)/C=C/c1ccccc1)C(=O)NCCCS(=O)(=O)Cc1ccccc1. The molecule has 2 amide bonds. The molecule has 2 rings (SSSR count). The van der Waals surface area contributed by atoms with Gasteiger partial charge in [-0.1, -0.05) is 60.7 Å². The van der Waals surface area contributed by atoms with E-state index in [4.69, 9.17) is 0 Å². The number of carbonyl (C=O) groups excluding carboxylic acids is 2. The Morgan fingerprint density at radius 2 is 1.62 bits per heavy atom. The van der Waals surface area contributed by atoms with Crippen molar-refractivity contribution in [2.45, 2.75) is 25.1 Å². The van der Waals surface area contributed by atoms with Crippen LogP contribution in [0.3, 0.4) is 0 Å². The van der Waals surface area contributed by atoms with E-state index >= 15 is 0 Å². The molecule has 7 heteroatoms. The van der Waals surface area contributed by atoms with Crippen molar-refractivity contribution in [1.29, 1.82) is 0 Å². The molecule has 0 aliphatic rings. The Hall–Kier alpha value is -2.93. The van der Waals surface area contributed by atoms with Gasteiger partial charge in [0.05, 0.1) is 11.5 Å². The minimum absolute atomic E-state index is 0.0112. The van der Waals surface area contributed by atoms with Crippen LogP contribution < -0.4 is 10.6 Å². The Kier molecular flexibility index (Phi) is 8.61. The molecule has 0 radical (unpaired) electrons. The van der Waals surface area contributed by atoms with Crippen molar-refractivity contribution in [1.82, 2.24) is 10.6 Å². The molecule has 154 valence electrons. The molecule has 2 aromatic carbocycles. The number of hydrogen-bond acceptors (Lipinski definition) is 4. The van der Waals surface area contributed by atoms with Gasteiger partial charge in [-0.2, -0.15) is 0 Å². The van der Waals surface area contributed by atoms with Crippen LogP contribution in [0.2, 0.25) is 0 Å². The van der Waals surface area contributed by atoms with E-state index in [1.165, 1.54) is 6.08 Å². The Balaban J connectivity index is 1.69. The molecule has 1 unspecified atom stereocenters. The Labute approximate surface area is 171 Å². The minimum Gasteiger partial charge on any atom is -0.354 e. The van der Waals surface area contributed by atoms with Gasteiger partial charge in [0, 0.05) is 12.6 Å². The van der Waals surface area contributed by atoms with E-state index in [1.807, 2.05) is 36.4 Å². The maximum atomic E-state index is 12.1. The molecule has 6 nitrogen and oxygen atoms in total. The molecule has 0 aliphatic heterocycles. The third-order valence-electron chi connectivity index (χ3n) is 4.14. The second-order valence-corrected chi connectivity index (χ2v) is 8.88. The van der Waals surface area contributed by atoms with E-state index in [0.717, 1.165) is 11.1 Å². The minimum atomic E-state index is -3.24. The maximum Gasteiger partial charge on any atom is 0.244 e. The third kappa shape index (κ3) is 8.74. The molecule has 0 saturated carbocycles. The summed E-state index contributed by atoms with van der Waals surface area (Å²) in [6.07, 6.45) is 3.35. The Morgan fingerprint density at radius 1 is 1.00 bits per heavy atom. The smallest absolute Gasteiger partial charge is 0.244 e. The number of benzene rings is 2. The highest BCUT2D eigenvalue weighted by molar-refractivity contribution is 7.90. The van der Waals surface area contributed by atoms with Crippen LogP contribution in [0.25, 0.3) is 6.08 Å². The second-order valence-electron chi connectivity index (χ2n) is 6.70. The molecule has 0 aliphatic carbocycles. The molecule has 0 aromatic heterocycles. The summed E-state index contributed by atoms with van der Waals surface area (Å²) < 4.78 is 24.3. The quantitative estimate of drug-likeness (QED) is 0.461. The van der Waals surface area contributed by atoms with Gasteiger partial charge in [-0.25, -0.2) is 8.42 Å². The molecule has 0 spiro atoms. The van der Waals surface area contributed by atoms with Crippen LogP contribution in [0.15, 0.2) is 66.7 Å². The van der Waals surface area contributed by atoms with Gasteiger partial charge in [-0.15, -0.1) is 0 Å². The summed E-state index contributed by atoms with van der Waals surface area (Å²) in [6, 6.07) is 17.6. The van der Waals surface area contributed by atoms with Crippen molar-refractivity contribution < 1.29 is 18.0 Å².